The predicted molar refractivity (Wildman–Crippen MR) is 172 cm³/mol. The predicted octanol–water partition coefficient (Wildman–Crippen LogP) is 4.86. The highest BCUT2D eigenvalue weighted by molar-refractivity contribution is 7.17. The Balaban J connectivity index is 1.17. The number of piperidine rings is 2. The lowest BCUT2D eigenvalue weighted by Crippen LogP contribution is -2.36. The molecular weight excluding hydrogens is 601 g/mol. The third kappa shape index (κ3) is 7.00. The molecule has 0 bridgehead atoms. The topological polar surface area (TPSA) is 113 Å². The Labute approximate surface area is 266 Å². The standard InChI is InChI=1S/C33H40N2O7S2/c1-3-5-19-41-32(39)21-11-15-34(16-12-21)25-9-7-23(43-25)27-29(36)28(31(38)30(27)37)24-8-10-26(44-24)35-17-13-22(14-18-35)33(40)42-20-6-4-2/h3-4,7-10,21-22,27-29,36H,1-2,5-6,11-20H2. The van der Waals surface area contributed by atoms with Gasteiger partial charge in [-0.25, -0.2) is 0 Å². The number of hydrogen-bond donors (Lipinski definition) is 1. The van der Waals surface area contributed by atoms with Crippen LogP contribution >= 0.6 is 22.7 Å². The molecule has 5 rings (SSSR count). The molecule has 3 aliphatic rings. The lowest BCUT2D eigenvalue weighted by Gasteiger charge is -2.31. The van der Waals surface area contributed by atoms with Gasteiger partial charge in [0, 0.05) is 35.9 Å². The summed E-state index contributed by atoms with van der Waals surface area (Å²) in [5, 5.41) is 13.3. The van der Waals surface area contributed by atoms with Crippen molar-refractivity contribution in [2.45, 2.75) is 56.5 Å². The van der Waals surface area contributed by atoms with Gasteiger partial charge in [-0.2, -0.15) is 0 Å². The molecular formula is C33H40N2O7S2. The monoisotopic (exact) mass is 640 g/mol. The maximum Gasteiger partial charge on any atom is 0.309 e. The Morgan fingerprint density at radius 3 is 1.50 bits per heavy atom. The van der Waals surface area contributed by atoms with Crippen molar-refractivity contribution in [2.75, 3.05) is 49.2 Å². The highest BCUT2D eigenvalue weighted by atomic mass is 32.1. The Morgan fingerprint density at radius 2 is 1.14 bits per heavy atom. The number of aliphatic hydroxyl groups is 1. The summed E-state index contributed by atoms with van der Waals surface area (Å²) in [6, 6.07) is 7.54. The molecule has 2 aromatic rings. The molecule has 2 aromatic heterocycles. The second-order valence-corrected chi connectivity index (χ2v) is 13.7. The van der Waals surface area contributed by atoms with Crippen molar-refractivity contribution in [1.29, 1.82) is 0 Å². The van der Waals surface area contributed by atoms with Crippen LogP contribution in [0, 0.1) is 11.8 Å². The number of ether oxygens (including phenoxy) is 2. The summed E-state index contributed by atoms with van der Waals surface area (Å²) in [7, 11) is 0. The molecule has 0 aromatic carbocycles. The number of nitrogens with zero attached hydrogens (tertiary/aromatic N) is 2. The first-order valence-corrected chi connectivity index (χ1v) is 17.0. The third-order valence-electron chi connectivity index (χ3n) is 8.74. The summed E-state index contributed by atoms with van der Waals surface area (Å²) >= 11 is 2.85. The number of carbonyl (C=O) groups excluding carboxylic acids is 4. The summed E-state index contributed by atoms with van der Waals surface area (Å²) in [6.07, 6.45) is 6.33. The van der Waals surface area contributed by atoms with E-state index in [0.717, 1.165) is 10.0 Å². The zero-order chi connectivity index (χ0) is 31.2. The van der Waals surface area contributed by atoms with Crippen LogP contribution in [0.1, 0.15) is 60.1 Å². The Morgan fingerprint density at radius 1 is 0.750 bits per heavy atom. The first-order chi connectivity index (χ1) is 21.3. The van der Waals surface area contributed by atoms with E-state index >= 15 is 0 Å². The first-order valence-electron chi connectivity index (χ1n) is 15.3. The number of anilines is 2. The zero-order valence-electron chi connectivity index (χ0n) is 24.9. The fourth-order valence-electron chi connectivity index (χ4n) is 6.16. The molecule has 11 heteroatoms. The minimum absolute atomic E-state index is 0.127. The molecule has 2 saturated heterocycles. The maximum absolute atomic E-state index is 13.2. The van der Waals surface area contributed by atoms with Gasteiger partial charge in [-0.05, 0) is 62.8 Å². The molecule has 0 amide bonds. The van der Waals surface area contributed by atoms with Crippen LogP contribution in [-0.4, -0.2) is 74.1 Å². The number of aliphatic hydroxyl groups excluding tert-OH is 1. The Hall–Kier alpha value is -3.28. The summed E-state index contributed by atoms with van der Waals surface area (Å²) in [5.74, 6) is -3.47. The highest BCUT2D eigenvalue weighted by Crippen LogP contribution is 2.46. The van der Waals surface area contributed by atoms with Crippen LogP contribution in [0.4, 0.5) is 10.0 Å². The van der Waals surface area contributed by atoms with Gasteiger partial charge < -0.3 is 24.4 Å². The van der Waals surface area contributed by atoms with Gasteiger partial charge in [0.25, 0.3) is 0 Å². The summed E-state index contributed by atoms with van der Waals surface area (Å²) < 4.78 is 10.7. The highest BCUT2D eigenvalue weighted by Gasteiger charge is 2.51. The Kier molecular flexibility index (Phi) is 10.7. The maximum atomic E-state index is 13.2. The van der Waals surface area contributed by atoms with Gasteiger partial charge in [-0.3, -0.25) is 19.2 Å². The molecule has 3 fully saturated rings. The lowest BCUT2D eigenvalue weighted by atomic mass is 9.97. The number of rotatable bonds is 12. The summed E-state index contributed by atoms with van der Waals surface area (Å²) in [6.45, 7) is 10.8. The molecule has 1 aliphatic carbocycles. The molecule has 2 unspecified atom stereocenters. The second-order valence-electron chi connectivity index (χ2n) is 11.5. The molecule has 236 valence electrons. The third-order valence-corrected chi connectivity index (χ3v) is 11.2. The molecule has 0 spiro atoms. The van der Waals surface area contributed by atoms with Crippen LogP contribution in [0.15, 0.2) is 49.6 Å². The van der Waals surface area contributed by atoms with Crippen molar-refractivity contribution in [1.82, 2.24) is 0 Å². The van der Waals surface area contributed by atoms with Crippen LogP contribution in [0.5, 0.6) is 0 Å². The van der Waals surface area contributed by atoms with E-state index in [1.54, 1.807) is 12.2 Å². The quantitative estimate of drug-likeness (QED) is 0.150. The minimum Gasteiger partial charge on any atom is -0.465 e. The van der Waals surface area contributed by atoms with Gasteiger partial charge in [-0.1, -0.05) is 12.2 Å². The van der Waals surface area contributed by atoms with E-state index in [1.807, 2.05) is 24.3 Å². The molecule has 2 aliphatic heterocycles. The lowest BCUT2D eigenvalue weighted by molar-refractivity contribution is -0.150. The van der Waals surface area contributed by atoms with Gasteiger partial charge in [0.15, 0.2) is 0 Å². The largest absolute Gasteiger partial charge is 0.465 e. The van der Waals surface area contributed by atoms with Crippen molar-refractivity contribution >= 4 is 56.2 Å². The average molecular weight is 641 g/mol. The van der Waals surface area contributed by atoms with Crippen molar-refractivity contribution in [3.05, 3.63) is 59.3 Å². The first kappa shape index (κ1) is 32.1. The van der Waals surface area contributed by atoms with Crippen molar-refractivity contribution < 1.29 is 33.8 Å². The van der Waals surface area contributed by atoms with Crippen molar-refractivity contribution in [3.8, 4) is 0 Å². The van der Waals surface area contributed by atoms with E-state index < -0.39 is 29.5 Å². The van der Waals surface area contributed by atoms with Gasteiger partial charge in [0.2, 0.25) is 11.6 Å². The van der Waals surface area contributed by atoms with Crippen LogP contribution < -0.4 is 9.80 Å². The molecule has 4 heterocycles. The fraction of sp³-hybridized carbons (Fsp3) is 0.515. The zero-order valence-corrected chi connectivity index (χ0v) is 26.5. The van der Waals surface area contributed by atoms with Gasteiger partial charge in [0.05, 0.1) is 53.0 Å². The SMILES string of the molecule is C=CCCOC(=O)C1CCN(c2ccc(C3C(=O)C(=O)C(c4ccc(N5CCC(C(=O)OCCC=C)CC5)s4)C3O)s2)CC1. The average Bonchev–Trinajstić information content (AvgIpc) is 3.76. The van der Waals surface area contributed by atoms with Crippen molar-refractivity contribution in [2.24, 2.45) is 11.8 Å². The summed E-state index contributed by atoms with van der Waals surface area (Å²) in [5.41, 5.74) is 0. The smallest absolute Gasteiger partial charge is 0.309 e. The van der Waals surface area contributed by atoms with Crippen LogP contribution in [0.3, 0.4) is 0 Å². The van der Waals surface area contributed by atoms with Crippen LogP contribution in [0.25, 0.3) is 0 Å². The molecule has 0 radical (unpaired) electrons. The number of Topliss-reactive ketones (excluding diaryl/α,β-unsaturated/α-hetero) is 2. The van der Waals surface area contributed by atoms with E-state index in [0.29, 0.717) is 87.7 Å². The van der Waals surface area contributed by atoms with Gasteiger partial charge >= 0.3 is 11.9 Å². The van der Waals surface area contributed by atoms with Gasteiger partial charge in [0.1, 0.15) is 0 Å². The molecule has 1 saturated carbocycles. The van der Waals surface area contributed by atoms with Crippen molar-refractivity contribution in [3.63, 3.8) is 0 Å². The van der Waals surface area contributed by atoms with Gasteiger partial charge in [-0.15, -0.1) is 35.8 Å². The van der Waals surface area contributed by atoms with E-state index in [-0.39, 0.29) is 23.8 Å². The number of hydrogen-bond acceptors (Lipinski definition) is 11. The fourth-order valence-corrected chi connectivity index (χ4v) is 8.55. The summed E-state index contributed by atoms with van der Waals surface area (Å²) in [4.78, 5) is 56.7. The van der Waals surface area contributed by atoms with E-state index in [9.17, 15) is 24.3 Å². The van der Waals surface area contributed by atoms with E-state index in [4.69, 9.17) is 9.47 Å². The Bertz CT molecular complexity index is 1270. The number of carbonyl (C=O) groups is 4. The molecule has 9 nitrogen and oxygen atoms in total. The normalized spacial score (nSPS) is 23.2. The second kappa shape index (κ2) is 14.7. The number of thiophene rings is 2. The van der Waals surface area contributed by atoms with E-state index in [1.165, 1.54) is 22.7 Å². The number of esters is 2. The molecule has 2 atom stereocenters. The van der Waals surface area contributed by atoms with Crippen LogP contribution in [0.2, 0.25) is 0 Å². The molecule has 1 N–H and O–H groups in total. The molecule has 44 heavy (non-hydrogen) atoms. The number of ketones is 2. The van der Waals surface area contributed by atoms with E-state index in [2.05, 4.69) is 23.0 Å². The van der Waals surface area contributed by atoms with Crippen LogP contribution in [-0.2, 0) is 28.7 Å². The minimum atomic E-state index is -1.14.